The average Bonchev–Trinajstić information content (AvgIpc) is 3.05. The number of nitrogens with zero attached hydrogens (tertiary/aromatic N) is 1. The summed E-state index contributed by atoms with van der Waals surface area (Å²) in [5.41, 5.74) is 5.90. The maximum atomic E-state index is 12.1. The van der Waals surface area contributed by atoms with Crippen LogP contribution in [0.2, 0.25) is 0 Å². The number of rotatable bonds is 12. The van der Waals surface area contributed by atoms with E-state index in [1.165, 1.54) is 0 Å². The van der Waals surface area contributed by atoms with Crippen molar-refractivity contribution in [3.05, 3.63) is 95.1 Å². The number of ether oxygens (including phenoxy) is 3. The Morgan fingerprint density at radius 1 is 0.886 bits per heavy atom. The van der Waals surface area contributed by atoms with E-state index >= 15 is 0 Å². The van der Waals surface area contributed by atoms with Gasteiger partial charge < -0.3 is 29.7 Å². The molecule has 0 aliphatic carbocycles. The van der Waals surface area contributed by atoms with Crippen molar-refractivity contribution >= 4 is 11.9 Å². The zero-order valence-electron chi connectivity index (χ0n) is 25.2. The molecule has 0 spiro atoms. The van der Waals surface area contributed by atoms with Crippen molar-refractivity contribution in [3.63, 3.8) is 0 Å². The third kappa shape index (κ3) is 8.52. The Kier molecular flexibility index (Phi) is 11.1. The first-order valence-electron chi connectivity index (χ1n) is 15.4. The first-order valence-corrected chi connectivity index (χ1v) is 15.4. The number of aliphatic carboxylic acids is 1. The van der Waals surface area contributed by atoms with E-state index in [2.05, 4.69) is 29.3 Å². The molecule has 3 aromatic rings. The largest absolute Gasteiger partial charge is 0.481 e. The number of morpholine rings is 1. The van der Waals surface area contributed by atoms with Gasteiger partial charge in [0.2, 0.25) is 5.91 Å². The van der Waals surface area contributed by atoms with Crippen molar-refractivity contribution < 1.29 is 34.0 Å². The highest BCUT2D eigenvalue weighted by molar-refractivity contribution is 5.76. The van der Waals surface area contributed by atoms with Crippen LogP contribution in [0.15, 0.2) is 72.8 Å². The molecule has 234 valence electrons. The molecule has 3 N–H and O–H groups in total. The third-order valence-corrected chi connectivity index (χ3v) is 8.39. The lowest BCUT2D eigenvalue weighted by molar-refractivity contribution is -0.277. The van der Waals surface area contributed by atoms with Crippen LogP contribution in [0.4, 0.5) is 0 Å². The second kappa shape index (κ2) is 15.4. The fourth-order valence-electron chi connectivity index (χ4n) is 5.75. The maximum Gasteiger partial charge on any atom is 0.303 e. The smallest absolute Gasteiger partial charge is 0.303 e. The first kappa shape index (κ1) is 31.8. The Morgan fingerprint density at radius 2 is 1.61 bits per heavy atom. The number of benzene rings is 3. The summed E-state index contributed by atoms with van der Waals surface area (Å²) in [7, 11) is 0. The summed E-state index contributed by atoms with van der Waals surface area (Å²) in [6.07, 6.45) is -0.225. The molecule has 2 heterocycles. The predicted molar refractivity (Wildman–Crippen MR) is 165 cm³/mol. The standard InChI is InChI=1S/C35H42N2O7/c1-24-31(22-37-16-18-42-19-17-37)43-35(44-34(24)28-10-8-25(23-38)9-11-28)29-14-12-27(13-15-29)30-5-2-4-26(20-30)21-36-32(39)6-3-7-33(40)41/h2,4-5,8-15,20,24,31,34-35,38H,3,6-7,16-19,21-23H2,1H3,(H,36,39)(H,40,41)/t24-,31+,34+,35+/m0/s1. The summed E-state index contributed by atoms with van der Waals surface area (Å²) in [5.74, 6) is -0.931. The number of hydrogen-bond acceptors (Lipinski definition) is 7. The van der Waals surface area contributed by atoms with Crippen molar-refractivity contribution in [2.45, 2.75) is 57.8 Å². The van der Waals surface area contributed by atoms with E-state index < -0.39 is 12.3 Å². The number of carbonyl (C=O) groups excluding carboxylic acids is 1. The van der Waals surface area contributed by atoms with Gasteiger partial charge in [0.05, 0.1) is 32.0 Å². The maximum absolute atomic E-state index is 12.1. The van der Waals surface area contributed by atoms with E-state index in [0.717, 1.165) is 66.2 Å². The molecule has 0 radical (unpaired) electrons. The second-order valence-electron chi connectivity index (χ2n) is 11.6. The van der Waals surface area contributed by atoms with E-state index in [1.807, 2.05) is 60.7 Å². The third-order valence-electron chi connectivity index (χ3n) is 8.39. The van der Waals surface area contributed by atoms with Gasteiger partial charge in [-0.25, -0.2) is 0 Å². The number of nitrogens with one attached hydrogen (secondary N) is 1. The van der Waals surface area contributed by atoms with E-state index in [1.54, 1.807) is 0 Å². The SMILES string of the molecule is C[C@H]1[C@@H](CN2CCOCC2)O[C@@H](c2ccc(-c3cccc(CNC(=O)CCCC(=O)O)c3)cc2)O[C@H]1c1ccc(CO)cc1. The van der Waals surface area contributed by atoms with Crippen LogP contribution in [-0.4, -0.2) is 65.9 Å². The number of carboxylic acid groups (broad SMARTS) is 1. The van der Waals surface area contributed by atoms with Crippen LogP contribution < -0.4 is 5.32 Å². The molecule has 0 saturated carbocycles. The summed E-state index contributed by atoms with van der Waals surface area (Å²) in [6.45, 7) is 6.60. The number of aliphatic hydroxyl groups is 1. The molecule has 3 aromatic carbocycles. The molecular formula is C35H42N2O7. The molecule has 9 nitrogen and oxygen atoms in total. The van der Waals surface area contributed by atoms with Crippen molar-refractivity contribution in [1.82, 2.24) is 10.2 Å². The monoisotopic (exact) mass is 602 g/mol. The molecule has 0 bridgehead atoms. The van der Waals surface area contributed by atoms with Crippen molar-refractivity contribution in [3.8, 4) is 11.1 Å². The van der Waals surface area contributed by atoms with Gasteiger partial charge in [-0.05, 0) is 40.3 Å². The van der Waals surface area contributed by atoms with Crippen molar-refractivity contribution in [1.29, 1.82) is 0 Å². The Hall–Kier alpha value is -3.60. The molecule has 5 rings (SSSR count). The molecule has 0 unspecified atom stereocenters. The normalized spacial score (nSPS) is 22.4. The molecule has 44 heavy (non-hydrogen) atoms. The topological polar surface area (TPSA) is 118 Å². The Labute approximate surface area is 258 Å². The van der Waals surface area contributed by atoms with E-state index in [4.69, 9.17) is 19.3 Å². The lowest BCUT2D eigenvalue weighted by Gasteiger charge is -2.43. The van der Waals surface area contributed by atoms with Crippen LogP contribution in [0, 0.1) is 5.92 Å². The molecule has 9 heteroatoms. The fraction of sp³-hybridized carbons (Fsp3) is 0.429. The average molecular weight is 603 g/mol. The van der Waals surface area contributed by atoms with Gasteiger partial charge in [-0.15, -0.1) is 0 Å². The zero-order valence-corrected chi connectivity index (χ0v) is 25.2. The van der Waals surface area contributed by atoms with Gasteiger partial charge in [0.1, 0.15) is 0 Å². The Balaban J connectivity index is 1.28. The highest BCUT2D eigenvalue weighted by Gasteiger charge is 2.39. The van der Waals surface area contributed by atoms with Crippen LogP contribution in [0.1, 0.15) is 60.8 Å². The van der Waals surface area contributed by atoms with Crippen molar-refractivity contribution in [2.24, 2.45) is 5.92 Å². The van der Waals surface area contributed by atoms with Crippen molar-refractivity contribution in [2.75, 3.05) is 32.8 Å². The Morgan fingerprint density at radius 3 is 2.32 bits per heavy atom. The van der Waals surface area contributed by atoms with E-state index in [9.17, 15) is 14.7 Å². The highest BCUT2D eigenvalue weighted by atomic mass is 16.7. The molecule has 2 aliphatic heterocycles. The number of hydrogen-bond donors (Lipinski definition) is 3. The second-order valence-corrected chi connectivity index (χ2v) is 11.6. The van der Waals surface area contributed by atoms with Crippen LogP contribution in [0.3, 0.4) is 0 Å². The molecule has 4 atom stereocenters. The van der Waals surface area contributed by atoms with Crippen LogP contribution in [-0.2, 0) is 37.0 Å². The van der Waals surface area contributed by atoms with Gasteiger partial charge in [-0.3, -0.25) is 14.5 Å². The lowest BCUT2D eigenvalue weighted by atomic mass is 9.90. The van der Waals surface area contributed by atoms with Gasteiger partial charge in [-0.2, -0.15) is 0 Å². The summed E-state index contributed by atoms with van der Waals surface area (Å²) >= 11 is 0. The van der Waals surface area contributed by atoms with Crippen LogP contribution in [0.25, 0.3) is 11.1 Å². The Bertz CT molecular complexity index is 1370. The lowest BCUT2D eigenvalue weighted by Crippen LogP contribution is -2.47. The number of carbonyl (C=O) groups is 2. The van der Waals surface area contributed by atoms with E-state index in [-0.39, 0.29) is 43.5 Å². The molecule has 2 fully saturated rings. The molecule has 1 amide bonds. The molecule has 2 aliphatic rings. The summed E-state index contributed by atoms with van der Waals surface area (Å²) in [4.78, 5) is 25.2. The van der Waals surface area contributed by atoms with Gasteiger partial charge in [0, 0.05) is 50.5 Å². The molecular weight excluding hydrogens is 560 g/mol. The quantitative estimate of drug-likeness (QED) is 0.270. The summed E-state index contributed by atoms with van der Waals surface area (Å²) in [6, 6.07) is 24.2. The first-order chi connectivity index (χ1) is 21.4. The minimum Gasteiger partial charge on any atom is -0.481 e. The fourth-order valence-corrected chi connectivity index (χ4v) is 5.75. The highest BCUT2D eigenvalue weighted by Crippen LogP contribution is 2.42. The number of amides is 1. The molecule has 2 saturated heterocycles. The number of aliphatic hydroxyl groups excluding tert-OH is 1. The van der Waals surface area contributed by atoms with Gasteiger partial charge in [0.15, 0.2) is 6.29 Å². The molecule has 0 aromatic heterocycles. The zero-order chi connectivity index (χ0) is 30.9. The van der Waals surface area contributed by atoms with Gasteiger partial charge >= 0.3 is 5.97 Å². The van der Waals surface area contributed by atoms with Crippen LogP contribution in [0.5, 0.6) is 0 Å². The van der Waals surface area contributed by atoms with Gasteiger partial charge in [0.25, 0.3) is 0 Å². The summed E-state index contributed by atoms with van der Waals surface area (Å²) < 4.78 is 18.8. The van der Waals surface area contributed by atoms with Crippen LogP contribution >= 0.6 is 0 Å². The van der Waals surface area contributed by atoms with Gasteiger partial charge in [-0.1, -0.05) is 73.7 Å². The predicted octanol–water partition coefficient (Wildman–Crippen LogP) is 4.84. The minimum absolute atomic E-state index is 0.00520. The minimum atomic E-state index is -0.895. The van der Waals surface area contributed by atoms with E-state index in [0.29, 0.717) is 13.0 Å². The summed E-state index contributed by atoms with van der Waals surface area (Å²) in [5, 5.41) is 21.2. The number of carboxylic acids is 1.